The summed E-state index contributed by atoms with van der Waals surface area (Å²) in [6.07, 6.45) is 7.95. The Labute approximate surface area is 170 Å². The zero-order chi connectivity index (χ0) is 19.2. The van der Waals surface area contributed by atoms with Crippen molar-refractivity contribution in [3.05, 3.63) is 65.3 Å². The highest BCUT2D eigenvalue weighted by Crippen LogP contribution is 2.24. The van der Waals surface area contributed by atoms with Crippen molar-refractivity contribution in [1.29, 1.82) is 0 Å². The van der Waals surface area contributed by atoms with E-state index in [2.05, 4.69) is 15.6 Å². The molecule has 0 atom stereocenters. The van der Waals surface area contributed by atoms with E-state index >= 15 is 0 Å². The molecule has 0 unspecified atom stereocenters. The molecule has 1 aromatic carbocycles. The zero-order valence-corrected chi connectivity index (χ0v) is 16.5. The third kappa shape index (κ3) is 4.78. The first-order chi connectivity index (χ1) is 13.8. The second kappa shape index (κ2) is 9.02. The predicted molar refractivity (Wildman–Crippen MR) is 115 cm³/mol. The molecule has 0 radical (unpaired) electrons. The number of nitrogens with zero attached hydrogens (tertiary/aromatic N) is 3. The van der Waals surface area contributed by atoms with E-state index < -0.39 is 0 Å². The Morgan fingerprint density at radius 1 is 0.929 bits per heavy atom. The molecule has 1 aliphatic carbocycles. The second-order valence-corrected chi connectivity index (χ2v) is 7.51. The molecule has 2 N–H and O–H groups in total. The Morgan fingerprint density at radius 2 is 1.75 bits per heavy atom. The molecule has 0 bridgehead atoms. The Balaban J connectivity index is 1.58. The Hall–Kier alpha value is -2.66. The van der Waals surface area contributed by atoms with E-state index in [1.807, 2.05) is 48.5 Å². The third-order valence-corrected chi connectivity index (χ3v) is 5.38. The average Bonchev–Trinajstić information content (AvgIpc) is 2.74. The lowest BCUT2D eigenvalue weighted by atomic mass is 9.96. The van der Waals surface area contributed by atoms with Crippen LogP contribution in [0.5, 0.6) is 0 Å². The van der Waals surface area contributed by atoms with Crippen molar-refractivity contribution in [2.24, 2.45) is 0 Å². The van der Waals surface area contributed by atoms with E-state index in [1.54, 1.807) is 6.20 Å². The number of hydrogen-bond donors (Lipinski definition) is 2. The van der Waals surface area contributed by atoms with Gasteiger partial charge in [-0.25, -0.2) is 4.98 Å². The molecule has 5 nitrogen and oxygen atoms in total. The molecule has 1 fully saturated rings. The van der Waals surface area contributed by atoms with Crippen molar-refractivity contribution in [3.63, 3.8) is 0 Å². The lowest BCUT2D eigenvalue weighted by Gasteiger charge is -2.23. The lowest BCUT2D eigenvalue weighted by molar-refractivity contribution is 0.461. The smallest absolute Gasteiger partial charge is 0.225 e. The Kier molecular flexibility index (Phi) is 6.02. The van der Waals surface area contributed by atoms with Gasteiger partial charge >= 0.3 is 0 Å². The number of pyridine rings is 1. The van der Waals surface area contributed by atoms with Gasteiger partial charge in [0.1, 0.15) is 5.82 Å². The van der Waals surface area contributed by atoms with Crippen LogP contribution in [0.15, 0.2) is 54.7 Å². The van der Waals surface area contributed by atoms with Gasteiger partial charge in [-0.05, 0) is 36.6 Å². The van der Waals surface area contributed by atoms with Crippen LogP contribution in [0, 0.1) is 0 Å². The Bertz CT molecular complexity index is 910. The molecule has 0 saturated heterocycles. The highest BCUT2D eigenvalue weighted by molar-refractivity contribution is 6.31. The number of aromatic nitrogens is 3. The molecule has 1 saturated carbocycles. The summed E-state index contributed by atoms with van der Waals surface area (Å²) in [4.78, 5) is 13.9. The minimum Gasteiger partial charge on any atom is -0.366 e. The summed E-state index contributed by atoms with van der Waals surface area (Å²) in [6, 6.07) is 16.0. The van der Waals surface area contributed by atoms with Gasteiger partial charge in [-0.3, -0.25) is 4.98 Å². The van der Waals surface area contributed by atoms with Crippen LogP contribution in [0.4, 0.5) is 11.8 Å². The zero-order valence-electron chi connectivity index (χ0n) is 15.7. The topological polar surface area (TPSA) is 62.7 Å². The van der Waals surface area contributed by atoms with Crippen molar-refractivity contribution >= 4 is 23.4 Å². The first-order valence-electron chi connectivity index (χ1n) is 9.82. The maximum absolute atomic E-state index is 6.28. The van der Waals surface area contributed by atoms with Gasteiger partial charge in [-0.2, -0.15) is 4.98 Å². The van der Waals surface area contributed by atoms with E-state index in [-0.39, 0.29) is 0 Å². The summed E-state index contributed by atoms with van der Waals surface area (Å²) in [6.45, 7) is 0.598. The molecule has 1 aliphatic rings. The number of hydrogen-bond acceptors (Lipinski definition) is 5. The molecular formula is C22H24ClN5. The largest absolute Gasteiger partial charge is 0.366 e. The fourth-order valence-corrected chi connectivity index (χ4v) is 3.71. The number of benzene rings is 1. The van der Waals surface area contributed by atoms with Crippen LogP contribution in [0.3, 0.4) is 0 Å². The van der Waals surface area contributed by atoms with Crippen molar-refractivity contribution < 1.29 is 0 Å². The molecule has 2 heterocycles. The van der Waals surface area contributed by atoms with E-state index in [9.17, 15) is 0 Å². The summed E-state index contributed by atoms with van der Waals surface area (Å²) in [5.41, 5.74) is 2.66. The first kappa shape index (κ1) is 18.7. The quantitative estimate of drug-likeness (QED) is 0.575. The van der Waals surface area contributed by atoms with Gasteiger partial charge in [0.05, 0.1) is 11.4 Å². The summed E-state index contributed by atoms with van der Waals surface area (Å²) >= 11 is 6.28. The molecule has 0 amide bonds. The van der Waals surface area contributed by atoms with E-state index in [0.717, 1.165) is 27.8 Å². The highest BCUT2D eigenvalue weighted by atomic mass is 35.5. The molecule has 4 rings (SSSR count). The molecule has 0 spiro atoms. The van der Waals surface area contributed by atoms with Gasteiger partial charge in [0.25, 0.3) is 0 Å². The van der Waals surface area contributed by atoms with Gasteiger partial charge < -0.3 is 10.6 Å². The molecule has 3 aromatic rings. The second-order valence-electron chi connectivity index (χ2n) is 7.10. The number of anilines is 2. The van der Waals surface area contributed by atoms with Gasteiger partial charge in [0, 0.05) is 29.9 Å². The average molecular weight is 394 g/mol. The van der Waals surface area contributed by atoms with E-state index in [1.165, 1.54) is 32.1 Å². The minimum absolute atomic E-state index is 0.434. The van der Waals surface area contributed by atoms with Crippen molar-refractivity contribution in [2.75, 3.05) is 10.6 Å². The van der Waals surface area contributed by atoms with Crippen molar-refractivity contribution in [1.82, 2.24) is 15.0 Å². The predicted octanol–water partition coefficient (Wildman–Crippen LogP) is 5.55. The minimum atomic E-state index is 0.434. The first-order valence-corrected chi connectivity index (χ1v) is 10.2. The van der Waals surface area contributed by atoms with Crippen LogP contribution >= 0.6 is 11.6 Å². The summed E-state index contributed by atoms with van der Waals surface area (Å²) in [5.74, 6) is 1.41. The van der Waals surface area contributed by atoms with Crippen molar-refractivity contribution in [3.8, 4) is 11.4 Å². The van der Waals surface area contributed by atoms with Crippen LogP contribution in [-0.2, 0) is 6.54 Å². The number of nitrogens with one attached hydrogen (secondary N) is 2. The third-order valence-electron chi connectivity index (χ3n) is 5.01. The molecule has 144 valence electrons. The summed E-state index contributed by atoms with van der Waals surface area (Å²) in [7, 11) is 0. The standard InChI is InChI=1S/C22H24ClN5/c23-18-11-5-4-8-16(18)15-25-21-14-20(19-12-6-7-13-24-19)27-22(28-21)26-17-9-2-1-3-10-17/h4-8,11-14,17H,1-3,9-10,15H2,(H2,25,26,27,28). The van der Waals surface area contributed by atoms with Crippen LogP contribution < -0.4 is 10.6 Å². The molecule has 6 heteroatoms. The molecule has 0 aliphatic heterocycles. The van der Waals surface area contributed by atoms with Gasteiger partial charge in [0.15, 0.2) is 0 Å². The number of rotatable bonds is 6. The van der Waals surface area contributed by atoms with Gasteiger partial charge in [0.2, 0.25) is 5.95 Å². The fraction of sp³-hybridized carbons (Fsp3) is 0.318. The van der Waals surface area contributed by atoms with Gasteiger partial charge in [-0.15, -0.1) is 0 Å². The molecule has 28 heavy (non-hydrogen) atoms. The van der Waals surface area contributed by atoms with Crippen LogP contribution in [0.25, 0.3) is 11.4 Å². The van der Waals surface area contributed by atoms with E-state index in [0.29, 0.717) is 18.5 Å². The van der Waals surface area contributed by atoms with Crippen LogP contribution in [0.2, 0.25) is 5.02 Å². The van der Waals surface area contributed by atoms with E-state index in [4.69, 9.17) is 21.6 Å². The molecule has 2 aromatic heterocycles. The lowest BCUT2D eigenvalue weighted by Crippen LogP contribution is -2.23. The SMILES string of the molecule is Clc1ccccc1CNc1cc(-c2ccccn2)nc(NC2CCCCC2)n1. The Morgan fingerprint density at radius 3 is 2.54 bits per heavy atom. The van der Waals surface area contributed by atoms with Crippen LogP contribution in [-0.4, -0.2) is 21.0 Å². The summed E-state index contributed by atoms with van der Waals surface area (Å²) < 4.78 is 0. The summed E-state index contributed by atoms with van der Waals surface area (Å²) in [5, 5.41) is 7.66. The fourth-order valence-electron chi connectivity index (χ4n) is 3.50. The van der Waals surface area contributed by atoms with Gasteiger partial charge in [-0.1, -0.05) is 55.1 Å². The highest BCUT2D eigenvalue weighted by Gasteiger charge is 2.16. The molecular weight excluding hydrogens is 370 g/mol. The maximum atomic E-state index is 6.28. The maximum Gasteiger partial charge on any atom is 0.225 e. The van der Waals surface area contributed by atoms with Crippen LogP contribution in [0.1, 0.15) is 37.7 Å². The monoisotopic (exact) mass is 393 g/mol. The number of halogens is 1. The normalized spacial score (nSPS) is 14.6. The van der Waals surface area contributed by atoms with Crippen molar-refractivity contribution in [2.45, 2.75) is 44.7 Å².